The summed E-state index contributed by atoms with van der Waals surface area (Å²) in [6.45, 7) is 15.9. The molecule has 0 saturated heterocycles. The van der Waals surface area contributed by atoms with Gasteiger partial charge in [-0.2, -0.15) is 0 Å². The fraction of sp³-hybridized carbons (Fsp3) is 0.348. The molecular weight excluding hydrogens is 680 g/mol. The Morgan fingerprint density at radius 1 is 0.556 bits per heavy atom. The zero-order valence-corrected chi connectivity index (χ0v) is 32.9. The summed E-state index contributed by atoms with van der Waals surface area (Å²) in [5.41, 5.74) is 5.77. The molecule has 0 aliphatic heterocycles. The Hall–Kier alpha value is -5.50. The van der Waals surface area contributed by atoms with Crippen molar-refractivity contribution in [2.75, 3.05) is 0 Å². The Morgan fingerprint density at radius 2 is 0.926 bits per heavy atom. The van der Waals surface area contributed by atoms with Crippen LogP contribution in [0.3, 0.4) is 0 Å². The first-order chi connectivity index (χ1) is 25.7. The van der Waals surface area contributed by atoms with Gasteiger partial charge in [-0.3, -0.25) is 9.59 Å². The van der Waals surface area contributed by atoms with Crippen LogP contribution in [0.4, 0.5) is 0 Å². The second kappa shape index (κ2) is 20.7. The molecule has 0 fully saturated rings. The van der Waals surface area contributed by atoms with E-state index in [1.165, 1.54) is 36.4 Å². The first-order valence-corrected chi connectivity index (χ1v) is 18.9. The lowest BCUT2D eigenvalue weighted by Crippen LogP contribution is -2.10. The summed E-state index contributed by atoms with van der Waals surface area (Å²) in [6.07, 6.45) is 11.0. The highest BCUT2D eigenvalue weighted by Crippen LogP contribution is 2.39. The van der Waals surface area contributed by atoms with E-state index in [0.717, 1.165) is 54.4 Å². The molecule has 0 heterocycles. The second-order valence-electron chi connectivity index (χ2n) is 13.6. The number of carbonyl (C=O) groups is 2. The number of benzene rings is 4. The summed E-state index contributed by atoms with van der Waals surface area (Å²) >= 11 is 0. The van der Waals surface area contributed by atoms with Gasteiger partial charge in [0.15, 0.2) is 11.6 Å². The molecule has 8 heteroatoms. The van der Waals surface area contributed by atoms with Crippen LogP contribution in [0.25, 0.3) is 12.2 Å². The smallest absolute Gasteiger partial charge is 0.185 e. The fourth-order valence-corrected chi connectivity index (χ4v) is 5.86. The number of ether oxygens (including phenoxy) is 2. The van der Waals surface area contributed by atoms with Crippen LogP contribution >= 0.6 is 0 Å². The van der Waals surface area contributed by atoms with E-state index in [-0.39, 0.29) is 46.8 Å². The molecule has 0 amide bonds. The average molecular weight is 737 g/mol. The Morgan fingerprint density at radius 3 is 1.31 bits per heavy atom. The lowest BCUT2D eigenvalue weighted by molar-refractivity contribution is 0.103. The molecule has 0 saturated carbocycles. The number of hydrogen-bond acceptors (Lipinski definition) is 8. The highest BCUT2D eigenvalue weighted by atomic mass is 16.5. The molecule has 0 aliphatic carbocycles. The van der Waals surface area contributed by atoms with Gasteiger partial charge >= 0.3 is 0 Å². The van der Waals surface area contributed by atoms with Crippen molar-refractivity contribution < 1.29 is 39.5 Å². The van der Waals surface area contributed by atoms with Crippen LogP contribution in [0, 0.1) is 0 Å². The van der Waals surface area contributed by atoms with Gasteiger partial charge in [-0.15, -0.1) is 0 Å². The Bertz CT molecular complexity index is 1920. The van der Waals surface area contributed by atoms with Gasteiger partial charge in [-0.05, 0) is 161 Å². The van der Waals surface area contributed by atoms with Crippen molar-refractivity contribution in [1.29, 1.82) is 0 Å². The van der Waals surface area contributed by atoms with Gasteiger partial charge in [0.1, 0.15) is 34.5 Å². The van der Waals surface area contributed by atoms with Crippen LogP contribution in [0.1, 0.15) is 122 Å². The van der Waals surface area contributed by atoms with E-state index in [1.54, 1.807) is 36.4 Å². The molecule has 0 aromatic heterocycles. The van der Waals surface area contributed by atoms with Crippen molar-refractivity contribution in [3.63, 3.8) is 0 Å². The fourth-order valence-electron chi connectivity index (χ4n) is 5.86. The van der Waals surface area contributed by atoms with E-state index >= 15 is 0 Å². The van der Waals surface area contributed by atoms with Crippen molar-refractivity contribution in [1.82, 2.24) is 0 Å². The monoisotopic (exact) mass is 736 g/mol. The zero-order valence-electron chi connectivity index (χ0n) is 32.9. The van der Waals surface area contributed by atoms with Crippen LogP contribution in [-0.2, 0) is 25.7 Å². The van der Waals surface area contributed by atoms with Crippen molar-refractivity contribution in [2.24, 2.45) is 0 Å². The molecule has 0 spiro atoms. The number of phenols is 4. The molecule has 8 nitrogen and oxygen atoms in total. The molecule has 4 aromatic rings. The maximum absolute atomic E-state index is 12.5. The number of carbonyl (C=O) groups excluding carboxylic acids is 2. The number of aromatic hydroxyl groups is 4. The standard InChI is InChI=1S/C24H30O4.C22H26O4/c1-5-7-18-15-19(8-6-2)24(28-16(3)4)21(23(18)27)13-14-22(26)17-9-11-20(25)12-10-17;1-5-15-13-16(6-2)22(26-14(3)4)19(21(15)25)11-12-20(24)17-7-9-18(23)10-8-17/h9-16,25,27H,5-8H2,1-4H3;7-14,23,25H,5-6H2,1-4H3. The van der Waals surface area contributed by atoms with E-state index in [4.69, 9.17) is 9.47 Å². The molecule has 0 aliphatic rings. The number of phenolic OH excluding ortho intramolecular Hbond substituents is 4. The lowest BCUT2D eigenvalue weighted by Gasteiger charge is -2.20. The van der Waals surface area contributed by atoms with Crippen molar-refractivity contribution in [2.45, 2.75) is 106 Å². The van der Waals surface area contributed by atoms with Gasteiger partial charge < -0.3 is 29.9 Å². The van der Waals surface area contributed by atoms with Gasteiger partial charge in [0.2, 0.25) is 0 Å². The highest BCUT2D eigenvalue weighted by molar-refractivity contribution is 6.08. The van der Waals surface area contributed by atoms with E-state index in [1.807, 2.05) is 53.7 Å². The zero-order chi connectivity index (χ0) is 39.9. The molecule has 4 N–H and O–H groups in total. The van der Waals surface area contributed by atoms with Crippen LogP contribution in [0.5, 0.6) is 34.5 Å². The maximum atomic E-state index is 12.5. The van der Waals surface area contributed by atoms with E-state index < -0.39 is 0 Å². The maximum Gasteiger partial charge on any atom is 0.185 e. The quantitative estimate of drug-likeness (QED) is 0.0660. The largest absolute Gasteiger partial charge is 0.508 e. The van der Waals surface area contributed by atoms with Crippen LogP contribution in [0.15, 0.2) is 72.8 Å². The predicted octanol–water partition coefficient (Wildman–Crippen LogP) is 10.6. The summed E-state index contributed by atoms with van der Waals surface area (Å²) in [5, 5.41) is 40.2. The number of aryl methyl sites for hydroxylation is 4. The van der Waals surface area contributed by atoms with Crippen molar-refractivity contribution in [3.05, 3.63) is 117 Å². The molecule has 0 atom stereocenters. The van der Waals surface area contributed by atoms with Gasteiger partial charge in [0.25, 0.3) is 0 Å². The summed E-state index contributed by atoms with van der Waals surface area (Å²) in [5.74, 6) is 1.40. The molecule has 4 rings (SSSR count). The number of ketones is 2. The normalized spacial score (nSPS) is 11.3. The van der Waals surface area contributed by atoms with Gasteiger partial charge in [-0.25, -0.2) is 0 Å². The molecule has 288 valence electrons. The summed E-state index contributed by atoms with van der Waals surface area (Å²) < 4.78 is 12.0. The molecule has 4 aromatic carbocycles. The topological polar surface area (TPSA) is 134 Å². The Balaban J connectivity index is 0.000000291. The van der Waals surface area contributed by atoms with E-state index in [9.17, 15) is 30.0 Å². The van der Waals surface area contributed by atoms with E-state index in [0.29, 0.717) is 40.2 Å². The number of rotatable bonds is 16. The predicted molar refractivity (Wildman–Crippen MR) is 217 cm³/mol. The minimum absolute atomic E-state index is 0.0490. The van der Waals surface area contributed by atoms with E-state index in [2.05, 4.69) is 13.8 Å². The highest BCUT2D eigenvalue weighted by Gasteiger charge is 2.19. The summed E-state index contributed by atoms with van der Waals surface area (Å²) in [6, 6.07) is 16.2. The first kappa shape index (κ1) is 42.9. The Kier molecular flexibility index (Phi) is 16.4. The molecule has 54 heavy (non-hydrogen) atoms. The first-order valence-electron chi connectivity index (χ1n) is 18.9. The average Bonchev–Trinajstić information content (AvgIpc) is 3.13. The van der Waals surface area contributed by atoms with Gasteiger partial charge in [-0.1, -0.05) is 40.5 Å². The number of allylic oxidation sites excluding steroid dienone is 2. The third-order valence-corrected chi connectivity index (χ3v) is 8.50. The minimum Gasteiger partial charge on any atom is -0.508 e. The van der Waals surface area contributed by atoms with Crippen LogP contribution in [-0.4, -0.2) is 44.2 Å². The van der Waals surface area contributed by atoms with Crippen molar-refractivity contribution >= 4 is 23.7 Å². The van der Waals surface area contributed by atoms with Crippen LogP contribution in [0.2, 0.25) is 0 Å². The summed E-state index contributed by atoms with van der Waals surface area (Å²) in [7, 11) is 0. The molecular formula is C46H56O8. The molecule has 0 radical (unpaired) electrons. The molecule has 0 unspecified atom stereocenters. The van der Waals surface area contributed by atoms with Gasteiger partial charge in [0.05, 0.1) is 23.3 Å². The molecule has 0 bridgehead atoms. The SMILES string of the molecule is CCCc1cc(CCC)c(OC(C)C)c(C=CC(=O)c2ccc(O)cc2)c1O.CCc1cc(CC)c(OC(C)C)c(C=CC(=O)c2ccc(O)cc2)c1O. The number of hydrogen-bond donors (Lipinski definition) is 4. The Labute approximate surface area is 320 Å². The van der Waals surface area contributed by atoms with Crippen LogP contribution < -0.4 is 9.47 Å². The minimum atomic E-state index is -0.208. The third-order valence-electron chi connectivity index (χ3n) is 8.50. The second-order valence-corrected chi connectivity index (χ2v) is 13.6. The van der Waals surface area contributed by atoms with Gasteiger partial charge in [0, 0.05) is 11.1 Å². The summed E-state index contributed by atoms with van der Waals surface area (Å²) in [4.78, 5) is 24.9. The third kappa shape index (κ3) is 11.8. The lowest BCUT2D eigenvalue weighted by atomic mass is 9.96. The van der Waals surface area contributed by atoms with Crippen molar-refractivity contribution in [3.8, 4) is 34.5 Å².